The Balaban J connectivity index is 4.19. The van der Waals surface area contributed by atoms with Gasteiger partial charge < -0.3 is 5.11 Å². The third kappa shape index (κ3) is 6.82. The van der Waals surface area contributed by atoms with Gasteiger partial charge in [0.2, 0.25) is 0 Å². The van der Waals surface area contributed by atoms with E-state index in [0.29, 0.717) is 5.75 Å². The fourth-order valence-electron chi connectivity index (χ4n) is 0.648. The van der Waals surface area contributed by atoms with E-state index in [1.54, 1.807) is 11.0 Å². The molecule has 0 aliphatic rings. The zero-order chi connectivity index (χ0) is 10.5. The largest absolute Gasteiger partial charge is 0.480 e. The Kier molecular flexibility index (Phi) is 5.30. The van der Waals surface area contributed by atoms with Crippen molar-refractivity contribution in [3.63, 3.8) is 0 Å². The molecule has 1 atom stereocenters. The second kappa shape index (κ2) is 5.43. The molecule has 0 spiro atoms. The standard InChI is InChI=1S/C5H11NO5S2/c1-12-3-2-4(5(7)8)6-13(9,10)11/h4,6H,2-3H2,1H3,(H,7,8)(H,9,10,11). The smallest absolute Gasteiger partial charge is 0.334 e. The van der Waals surface area contributed by atoms with Crippen LogP contribution in [0, 0.1) is 0 Å². The van der Waals surface area contributed by atoms with Gasteiger partial charge in [-0.25, -0.2) is 0 Å². The fourth-order valence-corrected chi connectivity index (χ4v) is 1.70. The van der Waals surface area contributed by atoms with Gasteiger partial charge in [-0.3, -0.25) is 9.35 Å². The molecule has 0 rings (SSSR count). The summed E-state index contributed by atoms with van der Waals surface area (Å²) in [4.78, 5) is 10.4. The highest BCUT2D eigenvalue weighted by Crippen LogP contribution is 2.01. The average molecular weight is 229 g/mol. The quantitative estimate of drug-likeness (QED) is 0.535. The van der Waals surface area contributed by atoms with Crippen LogP contribution in [0.4, 0.5) is 0 Å². The highest BCUT2D eigenvalue weighted by atomic mass is 32.2. The number of thioether (sulfide) groups is 1. The average Bonchev–Trinajstić information content (AvgIpc) is 1.95. The van der Waals surface area contributed by atoms with Crippen LogP contribution < -0.4 is 4.72 Å². The van der Waals surface area contributed by atoms with Gasteiger partial charge in [0, 0.05) is 0 Å². The van der Waals surface area contributed by atoms with Crippen LogP contribution in [-0.4, -0.2) is 42.1 Å². The third-order valence-electron chi connectivity index (χ3n) is 1.20. The Morgan fingerprint density at radius 1 is 1.62 bits per heavy atom. The third-order valence-corrected chi connectivity index (χ3v) is 2.43. The van der Waals surface area contributed by atoms with Gasteiger partial charge in [-0.15, -0.1) is 0 Å². The molecule has 8 heteroatoms. The molecule has 0 aliphatic carbocycles. The van der Waals surface area contributed by atoms with Crippen LogP contribution in [0.1, 0.15) is 6.42 Å². The summed E-state index contributed by atoms with van der Waals surface area (Å²) in [5, 5.41) is 8.52. The van der Waals surface area contributed by atoms with Gasteiger partial charge >= 0.3 is 16.3 Å². The molecule has 0 fully saturated rings. The molecule has 0 heterocycles. The summed E-state index contributed by atoms with van der Waals surface area (Å²) < 4.78 is 30.5. The van der Waals surface area contributed by atoms with Crippen molar-refractivity contribution in [2.24, 2.45) is 0 Å². The van der Waals surface area contributed by atoms with Crippen molar-refractivity contribution in [3.8, 4) is 0 Å². The summed E-state index contributed by atoms with van der Waals surface area (Å²) in [5.41, 5.74) is 0. The Labute approximate surface area is 80.6 Å². The minimum atomic E-state index is -4.44. The van der Waals surface area contributed by atoms with Gasteiger partial charge in [0.1, 0.15) is 6.04 Å². The lowest BCUT2D eigenvalue weighted by Gasteiger charge is -2.10. The maximum Gasteiger partial charge on any atom is 0.334 e. The molecule has 3 N–H and O–H groups in total. The van der Waals surface area contributed by atoms with Crippen molar-refractivity contribution in [2.75, 3.05) is 12.0 Å². The first kappa shape index (κ1) is 12.7. The van der Waals surface area contributed by atoms with Crippen LogP contribution in [0.5, 0.6) is 0 Å². The number of carboxylic acid groups (broad SMARTS) is 1. The van der Waals surface area contributed by atoms with E-state index in [1.165, 1.54) is 11.8 Å². The topological polar surface area (TPSA) is 104 Å². The van der Waals surface area contributed by atoms with Gasteiger partial charge in [-0.05, 0) is 18.4 Å². The molecule has 0 aromatic carbocycles. The molecule has 0 radical (unpaired) electrons. The molecule has 1 unspecified atom stereocenters. The van der Waals surface area contributed by atoms with Gasteiger partial charge in [0.15, 0.2) is 0 Å². The second-order valence-electron chi connectivity index (χ2n) is 2.27. The lowest BCUT2D eigenvalue weighted by molar-refractivity contribution is -0.139. The number of nitrogens with one attached hydrogen (secondary N) is 1. The van der Waals surface area contributed by atoms with Crippen molar-refractivity contribution in [3.05, 3.63) is 0 Å². The number of rotatable bonds is 6. The first-order valence-electron chi connectivity index (χ1n) is 3.33. The number of carboxylic acids is 1. The zero-order valence-corrected chi connectivity index (χ0v) is 8.56. The first-order chi connectivity index (χ1) is 5.87. The SMILES string of the molecule is CSCCC(NS(=O)(=O)O)C(=O)O. The molecule has 78 valence electrons. The predicted molar refractivity (Wildman–Crippen MR) is 49.1 cm³/mol. The van der Waals surface area contributed by atoms with E-state index in [9.17, 15) is 13.2 Å². The number of hydrogen-bond donors (Lipinski definition) is 3. The van der Waals surface area contributed by atoms with Gasteiger partial charge in [-0.1, -0.05) is 0 Å². The van der Waals surface area contributed by atoms with Crippen molar-refractivity contribution in [2.45, 2.75) is 12.5 Å². The fraction of sp³-hybridized carbons (Fsp3) is 0.800. The highest BCUT2D eigenvalue weighted by molar-refractivity contribution is 7.98. The lowest BCUT2D eigenvalue weighted by atomic mass is 10.2. The minimum Gasteiger partial charge on any atom is -0.480 e. The van der Waals surface area contributed by atoms with Gasteiger partial charge in [0.05, 0.1) is 0 Å². The maximum absolute atomic E-state index is 10.4. The molecule has 0 bridgehead atoms. The zero-order valence-electron chi connectivity index (χ0n) is 6.93. The number of hydrogen-bond acceptors (Lipinski definition) is 4. The van der Waals surface area contributed by atoms with Crippen LogP contribution in [0.25, 0.3) is 0 Å². The molecular formula is C5H11NO5S2. The Bertz CT molecular complexity index is 262. The molecule has 13 heavy (non-hydrogen) atoms. The molecule has 6 nitrogen and oxygen atoms in total. The van der Waals surface area contributed by atoms with E-state index >= 15 is 0 Å². The molecule has 0 aromatic heterocycles. The first-order valence-corrected chi connectivity index (χ1v) is 6.16. The number of aliphatic carboxylic acids is 1. The van der Waals surface area contributed by atoms with Crippen LogP contribution in [0.15, 0.2) is 0 Å². The molecule has 0 aromatic rings. The van der Waals surface area contributed by atoms with Crippen LogP contribution in [0.3, 0.4) is 0 Å². The van der Waals surface area contributed by atoms with E-state index in [-0.39, 0.29) is 6.42 Å². The summed E-state index contributed by atoms with van der Waals surface area (Å²) in [7, 11) is -4.44. The molecular weight excluding hydrogens is 218 g/mol. The van der Waals surface area contributed by atoms with E-state index in [2.05, 4.69) is 0 Å². The highest BCUT2D eigenvalue weighted by Gasteiger charge is 2.21. The molecule has 0 aliphatic heterocycles. The van der Waals surface area contributed by atoms with E-state index < -0.39 is 22.3 Å². The summed E-state index contributed by atoms with van der Waals surface area (Å²) in [6.07, 6.45) is 1.91. The summed E-state index contributed by atoms with van der Waals surface area (Å²) in [5.74, 6) is -0.800. The van der Waals surface area contributed by atoms with Gasteiger partial charge in [-0.2, -0.15) is 24.9 Å². The predicted octanol–water partition coefficient (Wildman–Crippen LogP) is -0.415. The summed E-state index contributed by atoms with van der Waals surface area (Å²) in [6, 6.07) is -1.26. The van der Waals surface area contributed by atoms with Crippen LogP contribution >= 0.6 is 11.8 Å². The Morgan fingerprint density at radius 3 is 2.46 bits per heavy atom. The van der Waals surface area contributed by atoms with Crippen LogP contribution in [-0.2, 0) is 15.1 Å². The van der Waals surface area contributed by atoms with Crippen molar-refractivity contribution in [1.82, 2.24) is 4.72 Å². The summed E-state index contributed by atoms with van der Waals surface area (Å²) >= 11 is 1.39. The lowest BCUT2D eigenvalue weighted by Crippen LogP contribution is -2.40. The monoisotopic (exact) mass is 229 g/mol. The van der Waals surface area contributed by atoms with E-state index in [1.807, 2.05) is 0 Å². The summed E-state index contributed by atoms with van der Waals surface area (Å²) in [6.45, 7) is 0. The minimum absolute atomic E-state index is 0.135. The maximum atomic E-state index is 10.4. The Hall–Kier alpha value is -0.310. The van der Waals surface area contributed by atoms with E-state index in [4.69, 9.17) is 9.66 Å². The Morgan fingerprint density at radius 2 is 2.15 bits per heavy atom. The molecule has 0 saturated heterocycles. The van der Waals surface area contributed by atoms with Crippen molar-refractivity contribution in [1.29, 1.82) is 0 Å². The second-order valence-corrected chi connectivity index (χ2v) is 4.44. The van der Waals surface area contributed by atoms with Crippen molar-refractivity contribution >= 4 is 28.0 Å². The number of carbonyl (C=O) groups is 1. The van der Waals surface area contributed by atoms with Crippen LogP contribution in [0.2, 0.25) is 0 Å². The van der Waals surface area contributed by atoms with Gasteiger partial charge in [0.25, 0.3) is 0 Å². The normalized spacial score (nSPS) is 14.0. The van der Waals surface area contributed by atoms with Crippen molar-refractivity contribution < 1.29 is 22.9 Å². The molecule has 0 saturated carbocycles. The van der Waals surface area contributed by atoms with E-state index in [0.717, 1.165) is 0 Å². The molecule has 0 amide bonds.